The van der Waals surface area contributed by atoms with E-state index in [4.69, 9.17) is 0 Å². The SMILES string of the molecule is Cc1ccc(S(=O)(=O)S)cc1.[NaH]. The van der Waals surface area contributed by atoms with Crippen molar-refractivity contribution in [1.29, 1.82) is 0 Å². The van der Waals surface area contributed by atoms with Crippen LogP contribution in [0.3, 0.4) is 0 Å². The predicted octanol–water partition coefficient (Wildman–Crippen LogP) is 0.965. The number of aryl methyl sites for hydroxylation is 1. The van der Waals surface area contributed by atoms with Crippen LogP contribution in [-0.4, -0.2) is 38.0 Å². The second-order valence-electron chi connectivity index (χ2n) is 2.29. The summed E-state index contributed by atoms with van der Waals surface area (Å²) in [6, 6.07) is 6.56. The van der Waals surface area contributed by atoms with Gasteiger partial charge < -0.3 is 0 Å². The second-order valence-corrected chi connectivity index (χ2v) is 5.15. The van der Waals surface area contributed by atoms with Gasteiger partial charge in [0.2, 0.25) is 8.87 Å². The second kappa shape index (κ2) is 4.67. The summed E-state index contributed by atoms with van der Waals surface area (Å²) in [6.45, 7) is 1.90. The minimum absolute atomic E-state index is 0. The van der Waals surface area contributed by atoms with Crippen LogP contribution in [0.1, 0.15) is 5.56 Å². The van der Waals surface area contributed by atoms with Crippen LogP contribution in [0, 0.1) is 6.92 Å². The fourth-order valence-electron chi connectivity index (χ4n) is 0.710. The molecule has 0 spiro atoms. The minimum atomic E-state index is -3.33. The fraction of sp³-hybridized carbons (Fsp3) is 0.143. The molecule has 0 bridgehead atoms. The standard InChI is InChI=1S/C7H8O2S2.Na.H/c1-6-2-4-7(5-3-6)11(8,9)10;;/h2-5H,1H3,(H,8,9,10);;. The number of rotatable bonds is 1. The molecule has 0 fully saturated rings. The molecule has 0 aliphatic heterocycles. The van der Waals surface area contributed by atoms with Crippen molar-refractivity contribution in [3.05, 3.63) is 29.8 Å². The van der Waals surface area contributed by atoms with Gasteiger partial charge in [0, 0.05) is 0 Å². The molecule has 0 amide bonds. The number of hydrogen-bond acceptors (Lipinski definition) is 2. The molecule has 0 aliphatic carbocycles. The van der Waals surface area contributed by atoms with E-state index in [0.717, 1.165) is 5.56 Å². The van der Waals surface area contributed by atoms with Gasteiger partial charge in [0.25, 0.3) is 0 Å². The number of thiol groups is 1. The molecule has 62 valence electrons. The Morgan fingerprint density at radius 3 is 1.92 bits per heavy atom. The van der Waals surface area contributed by atoms with E-state index in [1.807, 2.05) is 6.92 Å². The molecule has 1 aromatic carbocycles. The first-order valence-corrected chi connectivity index (χ1v) is 5.58. The molecule has 0 aromatic heterocycles. The summed E-state index contributed by atoms with van der Waals surface area (Å²) in [4.78, 5) is 0.242. The molecule has 0 aliphatic rings. The van der Waals surface area contributed by atoms with Crippen molar-refractivity contribution < 1.29 is 8.42 Å². The van der Waals surface area contributed by atoms with Crippen LogP contribution in [0.15, 0.2) is 29.2 Å². The van der Waals surface area contributed by atoms with Gasteiger partial charge in [0.05, 0.1) is 4.90 Å². The van der Waals surface area contributed by atoms with Crippen LogP contribution < -0.4 is 0 Å². The zero-order valence-electron chi connectivity index (χ0n) is 5.98. The number of benzene rings is 1. The van der Waals surface area contributed by atoms with Gasteiger partial charge in [-0.25, -0.2) is 8.42 Å². The van der Waals surface area contributed by atoms with E-state index in [2.05, 4.69) is 11.7 Å². The quantitative estimate of drug-likeness (QED) is 0.427. The van der Waals surface area contributed by atoms with Gasteiger partial charge in [-0.2, -0.15) is 0 Å². The Kier molecular flexibility index (Phi) is 4.87. The van der Waals surface area contributed by atoms with E-state index in [-0.39, 0.29) is 34.5 Å². The van der Waals surface area contributed by atoms with Gasteiger partial charge in [-0.1, -0.05) is 17.7 Å². The molecule has 1 aromatic rings. The molecule has 0 radical (unpaired) electrons. The van der Waals surface area contributed by atoms with Crippen LogP contribution in [0.2, 0.25) is 0 Å². The average molecular weight is 212 g/mol. The monoisotopic (exact) mass is 212 g/mol. The zero-order valence-corrected chi connectivity index (χ0v) is 7.69. The van der Waals surface area contributed by atoms with Crippen LogP contribution in [0.4, 0.5) is 0 Å². The van der Waals surface area contributed by atoms with E-state index in [9.17, 15) is 8.42 Å². The van der Waals surface area contributed by atoms with E-state index < -0.39 is 8.87 Å². The van der Waals surface area contributed by atoms with Crippen molar-refractivity contribution in [2.24, 2.45) is 0 Å². The fourth-order valence-corrected chi connectivity index (χ4v) is 1.56. The Morgan fingerprint density at radius 1 is 1.17 bits per heavy atom. The summed E-state index contributed by atoms with van der Waals surface area (Å²) >= 11 is 3.45. The Labute approximate surface area is 99.4 Å². The van der Waals surface area contributed by atoms with E-state index >= 15 is 0 Å². The molecule has 0 N–H and O–H groups in total. The van der Waals surface area contributed by atoms with Crippen molar-refractivity contribution >= 4 is 50.1 Å². The molecule has 0 atom stereocenters. The summed E-state index contributed by atoms with van der Waals surface area (Å²) in [6.07, 6.45) is 0. The van der Waals surface area contributed by atoms with Crippen molar-refractivity contribution in [2.45, 2.75) is 11.8 Å². The molecule has 0 heterocycles. The van der Waals surface area contributed by atoms with E-state index in [1.165, 1.54) is 12.1 Å². The normalized spacial score (nSPS) is 10.5. The molecular weight excluding hydrogens is 203 g/mol. The van der Waals surface area contributed by atoms with Crippen molar-refractivity contribution in [2.75, 3.05) is 0 Å². The van der Waals surface area contributed by atoms with Crippen LogP contribution in [-0.2, 0) is 8.87 Å². The number of hydrogen-bond donors (Lipinski definition) is 1. The predicted molar refractivity (Wildman–Crippen MR) is 54.5 cm³/mol. The molecule has 0 saturated carbocycles. The maximum absolute atomic E-state index is 10.8. The van der Waals surface area contributed by atoms with Gasteiger partial charge in [-0.3, -0.25) is 0 Å². The summed E-state index contributed by atoms with van der Waals surface area (Å²) < 4.78 is 21.6. The van der Waals surface area contributed by atoms with Gasteiger partial charge >= 0.3 is 29.6 Å². The average Bonchev–Trinajstić information content (AvgIpc) is 1.86. The third-order valence-electron chi connectivity index (χ3n) is 1.32. The van der Waals surface area contributed by atoms with Crippen molar-refractivity contribution in [1.82, 2.24) is 0 Å². The molecule has 2 nitrogen and oxygen atoms in total. The molecule has 0 unspecified atom stereocenters. The summed E-state index contributed by atoms with van der Waals surface area (Å²) in [5, 5.41) is 0. The molecule has 12 heavy (non-hydrogen) atoms. The maximum atomic E-state index is 10.8. The van der Waals surface area contributed by atoms with Crippen molar-refractivity contribution in [3.8, 4) is 0 Å². The third-order valence-corrected chi connectivity index (χ3v) is 2.82. The van der Waals surface area contributed by atoms with Crippen LogP contribution >= 0.6 is 11.7 Å². The third kappa shape index (κ3) is 3.49. The van der Waals surface area contributed by atoms with Crippen LogP contribution in [0.5, 0.6) is 0 Å². The Balaban J connectivity index is 0.00000121. The molecular formula is C7H9NaO2S2. The Morgan fingerprint density at radius 2 is 1.58 bits per heavy atom. The molecule has 1 rings (SSSR count). The zero-order chi connectivity index (χ0) is 8.48. The van der Waals surface area contributed by atoms with Crippen molar-refractivity contribution in [3.63, 3.8) is 0 Å². The van der Waals surface area contributed by atoms with Gasteiger partial charge in [-0.15, -0.1) is 0 Å². The summed E-state index contributed by atoms with van der Waals surface area (Å²) in [5.74, 6) is 0. The topological polar surface area (TPSA) is 34.1 Å². The first-order valence-electron chi connectivity index (χ1n) is 3.04. The van der Waals surface area contributed by atoms with Gasteiger partial charge in [-0.05, 0) is 30.7 Å². The summed E-state index contributed by atoms with van der Waals surface area (Å²) in [7, 11) is -3.33. The van der Waals surface area contributed by atoms with E-state index in [0.29, 0.717) is 0 Å². The molecule has 0 saturated heterocycles. The first-order chi connectivity index (χ1) is 5.00. The first kappa shape index (κ1) is 12.5. The summed E-state index contributed by atoms with van der Waals surface area (Å²) in [5.41, 5.74) is 1.03. The van der Waals surface area contributed by atoms with E-state index in [1.54, 1.807) is 12.1 Å². The molecule has 5 heteroatoms. The Hall–Kier alpha value is 0.520. The van der Waals surface area contributed by atoms with Crippen LogP contribution in [0.25, 0.3) is 0 Å². The van der Waals surface area contributed by atoms with Gasteiger partial charge in [0.1, 0.15) is 0 Å². The van der Waals surface area contributed by atoms with Gasteiger partial charge in [0.15, 0.2) is 0 Å². The Bertz CT molecular complexity index is 342.